The van der Waals surface area contributed by atoms with E-state index >= 15 is 0 Å². The zero-order valence-corrected chi connectivity index (χ0v) is 9.97. The van der Waals surface area contributed by atoms with Crippen molar-refractivity contribution in [2.75, 3.05) is 17.2 Å². The third kappa shape index (κ3) is 1.84. The van der Waals surface area contributed by atoms with E-state index in [4.69, 9.17) is 5.73 Å². The fourth-order valence-corrected chi connectivity index (χ4v) is 2.86. The average molecular weight is 226 g/mol. The number of nitrogens with two attached hydrogens (primary N) is 1. The Bertz CT molecular complexity index is 474. The molecule has 0 spiro atoms. The van der Waals surface area contributed by atoms with Gasteiger partial charge in [0.15, 0.2) is 0 Å². The average Bonchev–Trinajstić information content (AvgIpc) is 2.39. The van der Waals surface area contributed by atoms with Gasteiger partial charge in [0.05, 0.1) is 11.4 Å². The summed E-state index contributed by atoms with van der Waals surface area (Å²) in [5.41, 5.74) is 9.57. The molecule has 1 aromatic rings. The number of hydrogen-bond acceptors (Lipinski definition) is 2. The van der Waals surface area contributed by atoms with Gasteiger partial charge in [0.25, 0.3) is 0 Å². The van der Waals surface area contributed by atoms with Gasteiger partial charge in [-0.3, -0.25) is 0 Å². The predicted octanol–water partition coefficient (Wildman–Crippen LogP) is 3.33. The van der Waals surface area contributed by atoms with E-state index in [9.17, 15) is 0 Å². The molecule has 2 N–H and O–H groups in total. The van der Waals surface area contributed by atoms with Crippen LogP contribution in [0.2, 0.25) is 0 Å². The molecule has 1 aliphatic heterocycles. The second-order valence-corrected chi connectivity index (χ2v) is 4.80. The van der Waals surface area contributed by atoms with Gasteiger partial charge >= 0.3 is 0 Å². The van der Waals surface area contributed by atoms with Crippen LogP contribution in [0.15, 0.2) is 48.2 Å². The zero-order chi connectivity index (χ0) is 11.7. The zero-order valence-electron chi connectivity index (χ0n) is 9.97. The topological polar surface area (TPSA) is 29.3 Å². The molecule has 1 aliphatic carbocycles. The van der Waals surface area contributed by atoms with Crippen molar-refractivity contribution in [1.29, 1.82) is 0 Å². The fourth-order valence-electron chi connectivity index (χ4n) is 2.86. The van der Waals surface area contributed by atoms with Gasteiger partial charge in [-0.25, -0.2) is 0 Å². The molecule has 1 aromatic carbocycles. The standard InChI is InChI=1S/C15H18N2/c16-13-8-2-4-10-15(13)17-11-5-7-12-6-1-3-9-14(12)17/h1-4,8-10,12H,5-7,11,16H2. The van der Waals surface area contributed by atoms with E-state index in [1.54, 1.807) is 0 Å². The van der Waals surface area contributed by atoms with Crippen LogP contribution >= 0.6 is 0 Å². The van der Waals surface area contributed by atoms with Gasteiger partial charge < -0.3 is 10.6 Å². The molecule has 2 heteroatoms. The summed E-state index contributed by atoms with van der Waals surface area (Å²) in [5, 5.41) is 0. The van der Waals surface area contributed by atoms with Crippen LogP contribution in [0.1, 0.15) is 19.3 Å². The second kappa shape index (κ2) is 4.28. The summed E-state index contributed by atoms with van der Waals surface area (Å²) in [6, 6.07) is 8.17. The SMILES string of the molecule is Nc1ccccc1N1CCCC2CC=CC=C21. The van der Waals surface area contributed by atoms with Crippen LogP contribution in [0.25, 0.3) is 0 Å². The molecule has 1 fully saturated rings. The summed E-state index contributed by atoms with van der Waals surface area (Å²) in [4.78, 5) is 2.40. The lowest BCUT2D eigenvalue weighted by molar-refractivity contribution is 0.476. The van der Waals surface area contributed by atoms with Crippen molar-refractivity contribution in [3.05, 3.63) is 48.2 Å². The smallest absolute Gasteiger partial charge is 0.0641 e. The maximum Gasteiger partial charge on any atom is 0.0641 e. The summed E-state index contributed by atoms with van der Waals surface area (Å²) in [6.07, 6.45) is 10.4. The number of allylic oxidation sites excluding steroid dienone is 4. The van der Waals surface area contributed by atoms with Crippen molar-refractivity contribution in [3.63, 3.8) is 0 Å². The summed E-state index contributed by atoms with van der Waals surface area (Å²) in [6.45, 7) is 1.09. The first-order valence-corrected chi connectivity index (χ1v) is 6.35. The lowest BCUT2D eigenvalue weighted by Gasteiger charge is -2.38. The number of nitrogen functional groups attached to an aromatic ring is 1. The molecule has 3 rings (SSSR count). The number of para-hydroxylation sites is 2. The van der Waals surface area contributed by atoms with Crippen molar-refractivity contribution in [2.45, 2.75) is 19.3 Å². The molecular weight excluding hydrogens is 208 g/mol. The van der Waals surface area contributed by atoms with Crippen LogP contribution in [-0.2, 0) is 0 Å². The van der Waals surface area contributed by atoms with Crippen molar-refractivity contribution in [1.82, 2.24) is 0 Å². The molecule has 0 amide bonds. The van der Waals surface area contributed by atoms with Crippen LogP contribution in [0, 0.1) is 5.92 Å². The van der Waals surface area contributed by atoms with Crippen LogP contribution < -0.4 is 10.6 Å². The molecule has 2 nitrogen and oxygen atoms in total. The number of nitrogens with zero attached hydrogens (tertiary/aromatic N) is 1. The fraction of sp³-hybridized carbons (Fsp3) is 0.333. The van der Waals surface area contributed by atoms with Crippen molar-refractivity contribution >= 4 is 11.4 Å². The number of fused-ring (bicyclic) bond motifs is 1. The maximum atomic E-state index is 6.09. The van der Waals surface area contributed by atoms with E-state index in [1.165, 1.54) is 30.6 Å². The number of piperidine rings is 1. The Morgan fingerprint density at radius 3 is 3.00 bits per heavy atom. The summed E-state index contributed by atoms with van der Waals surface area (Å²) < 4.78 is 0. The Balaban J connectivity index is 1.99. The number of anilines is 2. The Morgan fingerprint density at radius 2 is 2.12 bits per heavy atom. The molecule has 0 saturated carbocycles. The highest BCUT2D eigenvalue weighted by molar-refractivity contribution is 5.70. The van der Waals surface area contributed by atoms with Crippen molar-refractivity contribution in [2.24, 2.45) is 5.92 Å². The lowest BCUT2D eigenvalue weighted by Crippen LogP contribution is -2.34. The highest BCUT2D eigenvalue weighted by atomic mass is 15.2. The molecule has 1 atom stereocenters. The summed E-state index contributed by atoms with van der Waals surface area (Å²) in [7, 11) is 0. The summed E-state index contributed by atoms with van der Waals surface area (Å²) >= 11 is 0. The molecule has 17 heavy (non-hydrogen) atoms. The Hall–Kier alpha value is -1.70. The summed E-state index contributed by atoms with van der Waals surface area (Å²) in [5.74, 6) is 0.688. The third-order valence-electron chi connectivity index (χ3n) is 3.72. The second-order valence-electron chi connectivity index (χ2n) is 4.80. The number of hydrogen-bond donors (Lipinski definition) is 1. The van der Waals surface area contributed by atoms with E-state index < -0.39 is 0 Å². The van der Waals surface area contributed by atoms with E-state index in [0.29, 0.717) is 5.92 Å². The van der Waals surface area contributed by atoms with E-state index in [2.05, 4.69) is 35.3 Å². The third-order valence-corrected chi connectivity index (χ3v) is 3.72. The Labute approximate surface area is 102 Å². The van der Waals surface area contributed by atoms with Crippen LogP contribution in [0.3, 0.4) is 0 Å². The first kappa shape index (κ1) is 10.5. The normalized spacial score (nSPS) is 23.2. The molecule has 0 aromatic heterocycles. The van der Waals surface area contributed by atoms with Gasteiger partial charge in [0, 0.05) is 18.2 Å². The largest absolute Gasteiger partial charge is 0.397 e. The van der Waals surface area contributed by atoms with Crippen LogP contribution in [0.4, 0.5) is 11.4 Å². The molecule has 88 valence electrons. The van der Waals surface area contributed by atoms with Gasteiger partial charge in [0.2, 0.25) is 0 Å². The number of rotatable bonds is 1. The van der Waals surface area contributed by atoms with Crippen molar-refractivity contribution in [3.8, 4) is 0 Å². The van der Waals surface area contributed by atoms with Gasteiger partial charge in [0.1, 0.15) is 0 Å². The molecule has 0 radical (unpaired) electrons. The molecule has 1 heterocycles. The van der Waals surface area contributed by atoms with Gasteiger partial charge in [-0.1, -0.05) is 24.3 Å². The molecular formula is C15H18N2. The van der Waals surface area contributed by atoms with E-state index in [-0.39, 0.29) is 0 Å². The highest BCUT2D eigenvalue weighted by Crippen LogP contribution is 2.37. The van der Waals surface area contributed by atoms with E-state index in [0.717, 1.165) is 12.2 Å². The highest BCUT2D eigenvalue weighted by Gasteiger charge is 2.26. The molecule has 1 saturated heterocycles. The quantitative estimate of drug-likeness (QED) is 0.744. The van der Waals surface area contributed by atoms with Gasteiger partial charge in [-0.15, -0.1) is 0 Å². The van der Waals surface area contributed by atoms with Crippen LogP contribution in [-0.4, -0.2) is 6.54 Å². The first-order valence-electron chi connectivity index (χ1n) is 6.35. The van der Waals surface area contributed by atoms with Crippen LogP contribution in [0.5, 0.6) is 0 Å². The predicted molar refractivity (Wildman–Crippen MR) is 72.8 cm³/mol. The van der Waals surface area contributed by atoms with Gasteiger partial charge in [-0.2, -0.15) is 0 Å². The number of benzene rings is 1. The molecule has 0 bridgehead atoms. The minimum atomic E-state index is 0.688. The van der Waals surface area contributed by atoms with Gasteiger partial charge in [-0.05, 0) is 37.5 Å². The Morgan fingerprint density at radius 1 is 1.24 bits per heavy atom. The molecule has 1 unspecified atom stereocenters. The maximum absolute atomic E-state index is 6.09. The monoisotopic (exact) mass is 226 g/mol. The molecule has 2 aliphatic rings. The minimum absolute atomic E-state index is 0.688. The van der Waals surface area contributed by atoms with E-state index in [1.807, 2.05) is 12.1 Å². The first-order chi connectivity index (χ1) is 8.36. The van der Waals surface area contributed by atoms with Crippen molar-refractivity contribution < 1.29 is 0 Å². The lowest BCUT2D eigenvalue weighted by atomic mass is 9.87. The minimum Gasteiger partial charge on any atom is -0.397 e. The Kier molecular flexibility index (Phi) is 2.63.